The van der Waals surface area contributed by atoms with E-state index < -0.39 is 0 Å². The fourth-order valence-corrected chi connectivity index (χ4v) is 9.71. The Morgan fingerprint density at radius 2 is 0.673 bits per heavy atom. The van der Waals surface area contributed by atoms with Crippen LogP contribution in [0.15, 0.2) is 71.1 Å². The van der Waals surface area contributed by atoms with E-state index in [9.17, 15) is 0 Å². The Kier molecular flexibility index (Phi) is 8.14. The molecule has 0 fully saturated rings. The van der Waals surface area contributed by atoms with Gasteiger partial charge in [0.05, 0.1) is 22.8 Å². The van der Waals surface area contributed by atoms with E-state index in [1.807, 2.05) is 28.2 Å². The zero-order valence-corrected chi connectivity index (χ0v) is 31.3. The first kappa shape index (κ1) is 31.9. The molecule has 49 heavy (non-hydrogen) atoms. The van der Waals surface area contributed by atoms with Crippen molar-refractivity contribution in [1.82, 2.24) is 19.9 Å². The molecule has 2 aliphatic rings. The number of nitrogens with zero attached hydrogens (tertiary/aromatic N) is 8. The number of fused-ring (bicyclic) bond motifs is 8. The van der Waals surface area contributed by atoms with Gasteiger partial charge < -0.3 is 9.97 Å². The second-order valence-electron chi connectivity index (χ2n) is 11.9. The number of thiazole rings is 4. The van der Waals surface area contributed by atoms with Crippen molar-refractivity contribution in [3.05, 3.63) is 93.9 Å². The number of rotatable bonds is 4. The monoisotopic (exact) mass is 755 g/mol. The molecule has 9 rings (SSSR count). The Labute approximate surface area is 308 Å². The van der Waals surface area contributed by atoms with Gasteiger partial charge in [0.15, 0.2) is 24.8 Å². The zero-order chi connectivity index (χ0) is 32.5. The molecular weight excluding hydrogens is 728 g/mol. The van der Waals surface area contributed by atoms with Crippen LogP contribution in [-0.4, -0.2) is 9.97 Å². The van der Waals surface area contributed by atoms with E-state index in [0.717, 1.165) is 86.6 Å². The van der Waals surface area contributed by atoms with Gasteiger partial charge in [-0.25, -0.2) is 9.97 Å². The average Bonchev–Trinajstić information content (AvgIpc) is 3.89. The number of hydrogen-bond acceptors (Lipinski definition) is 6. The van der Waals surface area contributed by atoms with Crippen LogP contribution in [0.5, 0.6) is 0 Å². The van der Waals surface area contributed by atoms with Crippen molar-refractivity contribution in [1.29, 1.82) is 0 Å². The summed E-state index contributed by atoms with van der Waals surface area (Å²) >= 11 is 6.75. The Morgan fingerprint density at radius 3 is 0.878 bits per heavy atom. The van der Waals surface area contributed by atoms with Crippen LogP contribution in [0.2, 0.25) is 0 Å². The molecule has 0 spiro atoms. The molecule has 238 valence electrons. The van der Waals surface area contributed by atoms with Gasteiger partial charge in [-0.2, -0.15) is 18.3 Å². The molecule has 0 saturated carbocycles. The van der Waals surface area contributed by atoms with Gasteiger partial charge in [-0.05, 0) is 24.3 Å². The van der Waals surface area contributed by atoms with E-state index in [-0.39, 0.29) is 17.1 Å². The Hall–Kier alpha value is -4.36. The van der Waals surface area contributed by atoms with Crippen LogP contribution < -0.4 is 28.2 Å². The summed E-state index contributed by atoms with van der Waals surface area (Å²) in [7, 11) is 8.20. The smallest absolute Gasteiger partial charge is 0.657 e. The van der Waals surface area contributed by atoms with Crippen LogP contribution in [0.4, 0.5) is 0 Å². The third-order valence-electron chi connectivity index (χ3n) is 8.26. The van der Waals surface area contributed by atoms with Gasteiger partial charge >= 0.3 is 17.1 Å². The van der Waals surface area contributed by atoms with Gasteiger partial charge in [-0.1, -0.05) is 69.6 Å². The second-order valence-corrected chi connectivity index (χ2v) is 15.4. The SMILES string of the molecule is C[n+]1csc(-c2c3nc(c(-c4c[n+](C)cs4)c4ccc([n-]4)c(-c4c[n+](C)cs4)c4nc(c(-c5c[n+](C)cs5)c5ccc2[n-]5)C=C4)C=C3)c1.[Mn+3]. The quantitative estimate of drug-likeness (QED) is 0.160. The van der Waals surface area contributed by atoms with Crippen molar-refractivity contribution in [3.63, 3.8) is 0 Å². The maximum absolute atomic E-state index is 5.33. The summed E-state index contributed by atoms with van der Waals surface area (Å²) in [6.45, 7) is 0. The van der Waals surface area contributed by atoms with Crippen molar-refractivity contribution < 1.29 is 35.3 Å². The van der Waals surface area contributed by atoms with Gasteiger partial charge in [0, 0.05) is 22.3 Å². The summed E-state index contributed by atoms with van der Waals surface area (Å²) in [5.74, 6) is 0. The first-order chi connectivity index (χ1) is 23.4. The average molecular weight is 756 g/mol. The molecule has 0 saturated heterocycles. The molecule has 8 nitrogen and oxygen atoms in total. The topological polar surface area (TPSA) is 69.5 Å². The van der Waals surface area contributed by atoms with Crippen molar-refractivity contribution >= 4 is 91.7 Å². The minimum atomic E-state index is 0. The maximum Gasteiger partial charge on any atom is 3.00 e. The van der Waals surface area contributed by atoms with E-state index in [4.69, 9.17) is 19.9 Å². The molecule has 0 N–H and O–H groups in total. The van der Waals surface area contributed by atoms with Gasteiger partial charge in [-0.15, -0.1) is 22.1 Å². The second kappa shape index (κ2) is 12.5. The summed E-state index contributed by atoms with van der Waals surface area (Å²) in [6.07, 6.45) is 17.1. The molecule has 9 heterocycles. The first-order valence-electron chi connectivity index (χ1n) is 15.2. The molecule has 8 bridgehead atoms. The Balaban J connectivity index is 0.00000348. The fourth-order valence-electron chi connectivity index (χ4n) is 6.13. The predicted molar refractivity (Wildman–Crippen MR) is 195 cm³/mol. The van der Waals surface area contributed by atoms with Crippen molar-refractivity contribution in [2.24, 2.45) is 28.2 Å². The summed E-state index contributed by atoms with van der Waals surface area (Å²) in [4.78, 5) is 25.7. The molecule has 0 atom stereocenters. The van der Waals surface area contributed by atoms with Crippen LogP contribution in [-0.2, 0) is 45.3 Å². The van der Waals surface area contributed by atoms with Crippen LogP contribution in [0.1, 0.15) is 22.8 Å². The molecule has 0 amide bonds. The van der Waals surface area contributed by atoms with Gasteiger partial charge in [0.2, 0.25) is 22.0 Å². The molecule has 7 aromatic heterocycles. The van der Waals surface area contributed by atoms with Crippen molar-refractivity contribution in [2.45, 2.75) is 0 Å². The van der Waals surface area contributed by atoms with Crippen molar-refractivity contribution in [2.75, 3.05) is 0 Å². The normalized spacial score (nSPS) is 12.2. The summed E-state index contributed by atoms with van der Waals surface area (Å²) in [5.41, 5.74) is 19.5. The van der Waals surface area contributed by atoms with Gasteiger partial charge in [-0.3, -0.25) is 0 Å². The van der Waals surface area contributed by atoms with E-state index in [1.165, 1.54) is 0 Å². The Morgan fingerprint density at radius 1 is 0.429 bits per heavy atom. The molecule has 0 unspecified atom stereocenters. The minimum Gasteiger partial charge on any atom is -0.657 e. The van der Waals surface area contributed by atoms with E-state index in [1.54, 1.807) is 45.3 Å². The maximum atomic E-state index is 5.33. The Bertz CT molecular complexity index is 2290. The van der Waals surface area contributed by atoms with Crippen LogP contribution in [0.25, 0.3) is 88.1 Å². The van der Waals surface area contributed by atoms with Crippen LogP contribution in [0.3, 0.4) is 0 Å². The molecule has 0 aliphatic carbocycles. The molecule has 13 heteroatoms. The zero-order valence-electron chi connectivity index (χ0n) is 26.8. The van der Waals surface area contributed by atoms with Crippen LogP contribution in [0, 0.1) is 0 Å². The number of aryl methyl sites for hydroxylation is 4. The summed E-state index contributed by atoms with van der Waals surface area (Å²) in [6, 6.07) is 8.47. The third-order valence-corrected chi connectivity index (χ3v) is 12.3. The minimum absolute atomic E-state index is 0. The molecule has 0 radical (unpaired) electrons. The largest absolute Gasteiger partial charge is 3.00 e. The molecule has 7 aromatic rings. The fraction of sp³-hybridized carbons (Fsp3) is 0.111. The molecule has 2 aliphatic heterocycles. The van der Waals surface area contributed by atoms with E-state index in [0.29, 0.717) is 0 Å². The standard InChI is InChI=1S/C36H28N8S4.Mn/c1-41-13-29(45-17-41)33-21-5-7-23(37-21)34(30-14-42(2)18-46-30)25-9-11-27(39-25)36(32-16-44(4)20-48-32)28-12-10-26(40-28)35(24-8-6-22(33)38-24)31-15-43(3)19-47-31;/h5-20H,1-4H3;/q+2;+3. The van der Waals surface area contributed by atoms with Gasteiger partial charge in [0.25, 0.3) is 0 Å². The number of hydrogen-bond donors (Lipinski definition) is 0. The summed E-state index contributed by atoms with van der Waals surface area (Å²) in [5, 5.41) is 0. The van der Waals surface area contributed by atoms with E-state index >= 15 is 0 Å². The first-order valence-corrected chi connectivity index (χ1v) is 18.7. The number of aromatic nitrogens is 8. The van der Waals surface area contributed by atoms with Crippen LogP contribution >= 0.6 is 45.3 Å². The van der Waals surface area contributed by atoms with E-state index in [2.05, 4.69) is 114 Å². The predicted octanol–water partition coefficient (Wildman–Crippen LogP) is 6.12. The van der Waals surface area contributed by atoms with Crippen molar-refractivity contribution in [3.8, 4) is 41.8 Å². The van der Waals surface area contributed by atoms with Gasteiger partial charge in [0.1, 0.15) is 47.7 Å². The third kappa shape index (κ3) is 5.66. The molecular formula is C36H28MnN8S4+5. The summed E-state index contributed by atoms with van der Waals surface area (Å²) < 4.78 is 8.33. The molecule has 0 aromatic carbocycles.